The Bertz CT molecular complexity index is 594. The van der Waals surface area contributed by atoms with E-state index in [4.69, 9.17) is 4.74 Å². The van der Waals surface area contributed by atoms with Gasteiger partial charge in [0.05, 0.1) is 13.2 Å². The molecule has 2 aromatic carbocycles. The number of morpholine rings is 1. The largest absolute Gasteiger partial charge is 0.379 e. The summed E-state index contributed by atoms with van der Waals surface area (Å²) in [6, 6.07) is 19.8. The quantitative estimate of drug-likeness (QED) is 0.887. The van der Waals surface area contributed by atoms with E-state index in [-0.39, 0.29) is 0 Å². The highest BCUT2D eigenvalue weighted by Crippen LogP contribution is 2.21. The van der Waals surface area contributed by atoms with Crippen LogP contribution >= 0.6 is 0 Å². The minimum Gasteiger partial charge on any atom is -0.379 e. The van der Waals surface area contributed by atoms with Crippen LogP contribution in [0.25, 0.3) is 0 Å². The predicted molar refractivity (Wildman–Crippen MR) is 94.5 cm³/mol. The molecule has 1 aliphatic rings. The SMILES string of the molecule is Cc1ccccc1CNCC(c1ccccc1)N1CCOCC1. The standard InChI is InChI=1S/C20H26N2O/c1-17-7-5-6-10-19(17)15-21-16-20(18-8-3-2-4-9-18)22-11-13-23-14-12-22/h2-10,20-21H,11-16H2,1H3. The second-order valence-corrected chi connectivity index (χ2v) is 6.13. The first kappa shape index (κ1) is 16.2. The molecule has 1 unspecified atom stereocenters. The van der Waals surface area contributed by atoms with Crippen molar-refractivity contribution in [3.63, 3.8) is 0 Å². The van der Waals surface area contributed by atoms with Crippen LogP contribution in [0.1, 0.15) is 22.7 Å². The summed E-state index contributed by atoms with van der Waals surface area (Å²) >= 11 is 0. The minimum absolute atomic E-state index is 0.407. The van der Waals surface area contributed by atoms with Crippen LogP contribution in [0.2, 0.25) is 0 Å². The summed E-state index contributed by atoms with van der Waals surface area (Å²) in [5.74, 6) is 0. The van der Waals surface area contributed by atoms with E-state index >= 15 is 0 Å². The van der Waals surface area contributed by atoms with Gasteiger partial charge in [0, 0.05) is 32.2 Å². The Hall–Kier alpha value is -1.68. The molecule has 0 aromatic heterocycles. The van der Waals surface area contributed by atoms with E-state index in [0.29, 0.717) is 6.04 Å². The Kier molecular flexibility index (Phi) is 5.81. The molecule has 0 radical (unpaired) electrons. The summed E-state index contributed by atoms with van der Waals surface area (Å²) in [6.45, 7) is 7.73. The minimum atomic E-state index is 0.407. The van der Waals surface area contributed by atoms with Crippen molar-refractivity contribution in [2.45, 2.75) is 19.5 Å². The second kappa shape index (κ2) is 8.25. The van der Waals surface area contributed by atoms with Crippen molar-refractivity contribution >= 4 is 0 Å². The Morgan fingerprint density at radius 3 is 2.43 bits per heavy atom. The van der Waals surface area contributed by atoms with Gasteiger partial charge in [0.15, 0.2) is 0 Å². The Morgan fingerprint density at radius 1 is 1.00 bits per heavy atom. The molecule has 1 atom stereocenters. The number of nitrogens with one attached hydrogen (secondary N) is 1. The van der Waals surface area contributed by atoms with Crippen LogP contribution in [0.15, 0.2) is 54.6 Å². The zero-order chi connectivity index (χ0) is 15.9. The molecule has 23 heavy (non-hydrogen) atoms. The van der Waals surface area contributed by atoms with E-state index in [0.717, 1.165) is 39.4 Å². The maximum absolute atomic E-state index is 5.51. The first-order valence-electron chi connectivity index (χ1n) is 8.46. The highest BCUT2D eigenvalue weighted by Gasteiger charge is 2.22. The molecular formula is C20H26N2O. The molecule has 3 nitrogen and oxygen atoms in total. The van der Waals surface area contributed by atoms with Crippen molar-refractivity contribution in [2.24, 2.45) is 0 Å². The van der Waals surface area contributed by atoms with E-state index in [9.17, 15) is 0 Å². The fourth-order valence-electron chi connectivity index (χ4n) is 3.17. The van der Waals surface area contributed by atoms with Gasteiger partial charge in [0.1, 0.15) is 0 Å². The number of ether oxygens (including phenoxy) is 1. The number of nitrogens with zero attached hydrogens (tertiary/aromatic N) is 1. The van der Waals surface area contributed by atoms with Crippen LogP contribution in [0.3, 0.4) is 0 Å². The molecule has 0 saturated carbocycles. The van der Waals surface area contributed by atoms with Crippen LogP contribution in [0.5, 0.6) is 0 Å². The van der Waals surface area contributed by atoms with Crippen molar-refractivity contribution in [3.8, 4) is 0 Å². The van der Waals surface area contributed by atoms with Gasteiger partial charge in [-0.2, -0.15) is 0 Å². The monoisotopic (exact) mass is 310 g/mol. The molecule has 0 spiro atoms. The number of hydrogen-bond donors (Lipinski definition) is 1. The molecule has 1 saturated heterocycles. The summed E-state index contributed by atoms with van der Waals surface area (Å²) in [7, 11) is 0. The highest BCUT2D eigenvalue weighted by atomic mass is 16.5. The van der Waals surface area contributed by atoms with Crippen LogP contribution < -0.4 is 5.32 Å². The maximum Gasteiger partial charge on any atom is 0.0594 e. The van der Waals surface area contributed by atoms with Gasteiger partial charge in [0.2, 0.25) is 0 Å². The molecule has 0 bridgehead atoms. The molecule has 122 valence electrons. The third kappa shape index (κ3) is 4.41. The van der Waals surface area contributed by atoms with E-state index in [2.05, 4.69) is 71.7 Å². The molecule has 0 amide bonds. The van der Waals surface area contributed by atoms with Gasteiger partial charge in [-0.1, -0.05) is 54.6 Å². The van der Waals surface area contributed by atoms with E-state index in [1.165, 1.54) is 16.7 Å². The van der Waals surface area contributed by atoms with Crippen LogP contribution in [0.4, 0.5) is 0 Å². The molecule has 1 N–H and O–H groups in total. The maximum atomic E-state index is 5.51. The number of benzene rings is 2. The number of hydrogen-bond acceptors (Lipinski definition) is 3. The van der Waals surface area contributed by atoms with Crippen LogP contribution in [0, 0.1) is 6.92 Å². The molecule has 1 aliphatic heterocycles. The second-order valence-electron chi connectivity index (χ2n) is 6.13. The first-order chi connectivity index (χ1) is 11.3. The normalized spacial score (nSPS) is 17.1. The molecule has 3 heteroatoms. The lowest BCUT2D eigenvalue weighted by Crippen LogP contribution is -2.42. The molecule has 2 aromatic rings. The van der Waals surface area contributed by atoms with Gasteiger partial charge in [-0.05, 0) is 23.6 Å². The van der Waals surface area contributed by atoms with Crippen molar-refractivity contribution in [1.82, 2.24) is 10.2 Å². The van der Waals surface area contributed by atoms with Crippen LogP contribution in [-0.4, -0.2) is 37.7 Å². The molecule has 0 aliphatic carbocycles. The van der Waals surface area contributed by atoms with Gasteiger partial charge in [-0.15, -0.1) is 0 Å². The summed E-state index contributed by atoms with van der Waals surface area (Å²) in [6.07, 6.45) is 0. The summed E-state index contributed by atoms with van der Waals surface area (Å²) in [5, 5.41) is 3.66. The Morgan fingerprint density at radius 2 is 1.70 bits per heavy atom. The van der Waals surface area contributed by atoms with Crippen molar-refractivity contribution in [1.29, 1.82) is 0 Å². The van der Waals surface area contributed by atoms with E-state index in [1.807, 2.05) is 0 Å². The average Bonchev–Trinajstić information content (AvgIpc) is 2.62. The lowest BCUT2D eigenvalue weighted by molar-refractivity contribution is 0.0161. The number of aryl methyl sites for hydroxylation is 1. The molecule has 1 fully saturated rings. The highest BCUT2D eigenvalue weighted by molar-refractivity contribution is 5.25. The van der Waals surface area contributed by atoms with Gasteiger partial charge >= 0.3 is 0 Å². The fourth-order valence-corrected chi connectivity index (χ4v) is 3.17. The van der Waals surface area contributed by atoms with Gasteiger partial charge in [-0.3, -0.25) is 4.90 Å². The average molecular weight is 310 g/mol. The first-order valence-corrected chi connectivity index (χ1v) is 8.46. The van der Waals surface area contributed by atoms with E-state index in [1.54, 1.807) is 0 Å². The van der Waals surface area contributed by atoms with Gasteiger partial charge in [0.25, 0.3) is 0 Å². The Balaban J connectivity index is 1.65. The molecular weight excluding hydrogens is 284 g/mol. The number of rotatable bonds is 6. The smallest absolute Gasteiger partial charge is 0.0594 e. The van der Waals surface area contributed by atoms with Crippen molar-refractivity contribution in [3.05, 3.63) is 71.3 Å². The summed E-state index contributed by atoms with van der Waals surface area (Å²) in [5.41, 5.74) is 4.11. The van der Waals surface area contributed by atoms with Crippen molar-refractivity contribution < 1.29 is 4.74 Å². The van der Waals surface area contributed by atoms with Gasteiger partial charge < -0.3 is 10.1 Å². The molecule has 3 rings (SSSR count). The lowest BCUT2D eigenvalue weighted by atomic mass is 10.0. The lowest BCUT2D eigenvalue weighted by Gasteiger charge is -2.35. The predicted octanol–water partition coefficient (Wildman–Crippen LogP) is 3.16. The third-order valence-electron chi connectivity index (χ3n) is 4.59. The topological polar surface area (TPSA) is 24.5 Å². The zero-order valence-corrected chi connectivity index (χ0v) is 13.9. The summed E-state index contributed by atoms with van der Waals surface area (Å²) < 4.78 is 5.51. The zero-order valence-electron chi connectivity index (χ0n) is 13.9. The Labute approximate surface area is 139 Å². The molecule has 1 heterocycles. The fraction of sp³-hybridized carbons (Fsp3) is 0.400. The van der Waals surface area contributed by atoms with E-state index < -0.39 is 0 Å². The summed E-state index contributed by atoms with van der Waals surface area (Å²) in [4.78, 5) is 2.53. The van der Waals surface area contributed by atoms with Gasteiger partial charge in [-0.25, -0.2) is 0 Å². The van der Waals surface area contributed by atoms with Crippen LogP contribution in [-0.2, 0) is 11.3 Å². The van der Waals surface area contributed by atoms with Crippen molar-refractivity contribution in [2.75, 3.05) is 32.8 Å². The third-order valence-corrected chi connectivity index (χ3v) is 4.59.